The van der Waals surface area contributed by atoms with Crippen molar-refractivity contribution >= 4 is 0 Å². The van der Waals surface area contributed by atoms with Gasteiger partial charge >= 0.3 is 0 Å². The zero-order valence-electron chi connectivity index (χ0n) is 10.5. The molecule has 0 amide bonds. The van der Waals surface area contributed by atoms with Crippen molar-refractivity contribution in [1.29, 1.82) is 0 Å². The van der Waals surface area contributed by atoms with E-state index in [1.807, 2.05) is 13.1 Å². The number of nitrogens with zero attached hydrogens (tertiary/aromatic N) is 3. The maximum Gasteiger partial charge on any atom is 0.127 e. The minimum atomic E-state index is -0.319. The molecule has 2 heterocycles. The highest BCUT2D eigenvalue weighted by Crippen LogP contribution is 2.29. The van der Waals surface area contributed by atoms with Crippen LogP contribution in [0.2, 0.25) is 0 Å². The average Bonchev–Trinajstić information content (AvgIpc) is 2.89. The lowest BCUT2D eigenvalue weighted by atomic mass is 10.1. The zero-order valence-corrected chi connectivity index (χ0v) is 10.5. The predicted octanol–water partition coefficient (Wildman–Crippen LogP) is 1.99. The third-order valence-electron chi connectivity index (χ3n) is 3.61. The van der Waals surface area contributed by atoms with Crippen LogP contribution in [0.4, 0.5) is 0 Å². The Morgan fingerprint density at radius 1 is 1.39 bits per heavy atom. The summed E-state index contributed by atoms with van der Waals surface area (Å²) in [6, 6.07) is 0. The summed E-state index contributed by atoms with van der Waals surface area (Å²) < 4.78 is 6.76. The summed E-state index contributed by atoms with van der Waals surface area (Å²) in [5.74, 6) is 0. The van der Waals surface area contributed by atoms with Gasteiger partial charge in [-0.05, 0) is 31.7 Å². The van der Waals surface area contributed by atoms with Crippen molar-refractivity contribution in [2.75, 3.05) is 0 Å². The standard InChI is InChI=1S/C13H17N3O2/c1-9-12(15-18-14-9)8-16-6-10-4-2-3-5-13(17)11(10)7-16/h6-7,13,17H,2-5,8H2,1H3. The highest BCUT2D eigenvalue weighted by molar-refractivity contribution is 5.28. The third kappa shape index (κ3) is 2.06. The van der Waals surface area contributed by atoms with Crippen molar-refractivity contribution in [1.82, 2.24) is 14.9 Å². The molecule has 18 heavy (non-hydrogen) atoms. The smallest absolute Gasteiger partial charge is 0.127 e. The fourth-order valence-electron chi connectivity index (χ4n) is 2.55. The first-order chi connectivity index (χ1) is 8.74. The third-order valence-corrected chi connectivity index (χ3v) is 3.61. The molecule has 1 aliphatic rings. The van der Waals surface area contributed by atoms with E-state index in [1.54, 1.807) is 0 Å². The second kappa shape index (κ2) is 4.57. The van der Waals surface area contributed by atoms with Crippen molar-refractivity contribution in [3.8, 4) is 0 Å². The monoisotopic (exact) mass is 247 g/mol. The maximum absolute atomic E-state index is 10.1. The largest absolute Gasteiger partial charge is 0.388 e. The minimum absolute atomic E-state index is 0.319. The second-order valence-corrected chi connectivity index (χ2v) is 4.97. The van der Waals surface area contributed by atoms with Crippen molar-refractivity contribution in [3.63, 3.8) is 0 Å². The summed E-state index contributed by atoms with van der Waals surface area (Å²) in [6.07, 6.45) is 7.98. The number of aromatic nitrogens is 3. The Bertz CT molecular complexity index is 544. The molecule has 3 rings (SSSR count). The normalized spacial score (nSPS) is 19.6. The molecule has 0 saturated carbocycles. The van der Waals surface area contributed by atoms with Gasteiger partial charge in [0.25, 0.3) is 0 Å². The van der Waals surface area contributed by atoms with E-state index in [-0.39, 0.29) is 6.10 Å². The molecule has 96 valence electrons. The van der Waals surface area contributed by atoms with Crippen LogP contribution in [0, 0.1) is 6.92 Å². The van der Waals surface area contributed by atoms with Crippen LogP contribution >= 0.6 is 0 Å². The van der Waals surface area contributed by atoms with Crippen LogP contribution < -0.4 is 0 Å². The fourth-order valence-corrected chi connectivity index (χ4v) is 2.55. The van der Waals surface area contributed by atoms with Gasteiger partial charge < -0.3 is 9.67 Å². The lowest BCUT2D eigenvalue weighted by molar-refractivity contribution is 0.166. The van der Waals surface area contributed by atoms with Crippen LogP contribution in [-0.4, -0.2) is 20.0 Å². The Labute approximate surface area is 105 Å². The topological polar surface area (TPSA) is 64.1 Å². The summed E-state index contributed by atoms with van der Waals surface area (Å²) in [5, 5.41) is 17.7. The number of aliphatic hydroxyl groups excluding tert-OH is 1. The summed E-state index contributed by atoms with van der Waals surface area (Å²) in [5.41, 5.74) is 3.99. The van der Waals surface area contributed by atoms with E-state index in [0.717, 1.165) is 42.6 Å². The molecule has 0 aliphatic heterocycles. The van der Waals surface area contributed by atoms with Gasteiger partial charge in [0.05, 0.1) is 12.6 Å². The van der Waals surface area contributed by atoms with E-state index in [2.05, 4.69) is 21.1 Å². The molecular weight excluding hydrogens is 230 g/mol. The average molecular weight is 247 g/mol. The predicted molar refractivity (Wildman–Crippen MR) is 65.1 cm³/mol. The van der Waals surface area contributed by atoms with Gasteiger partial charge in [0, 0.05) is 18.0 Å². The highest BCUT2D eigenvalue weighted by Gasteiger charge is 2.19. The summed E-state index contributed by atoms with van der Waals surface area (Å²) in [4.78, 5) is 0. The molecule has 1 N–H and O–H groups in total. The van der Waals surface area contributed by atoms with Gasteiger partial charge in [-0.15, -0.1) is 0 Å². The molecule has 0 fully saturated rings. The van der Waals surface area contributed by atoms with Crippen LogP contribution in [0.3, 0.4) is 0 Å². The van der Waals surface area contributed by atoms with E-state index in [9.17, 15) is 5.11 Å². The Morgan fingerprint density at radius 3 is 3.06 bits per heavy atom. The Kier molecular flexibility index (Phi) is 2.91. The van der Waals surface area contributed by atoms with Crippen molar-refractivity contribution in [3.05, 3.63) is 34.9 Å². The number of hydrogen-bond acceptors (Lipinski definition) is 4. The lowest BCUT2D eigenvalue weighted by Gasteiger charge is -2.06. The molecule has 5 nitrogen and oxygen atoms in total. The molecule has 0 aromatic carbocycles. The number of rotatable bonds is 2. The molecule has 1 aliphatic carbocycles. The first-order valence-corrected chi connectivity index (χ1v) is 6.38. The van der Waals surface area contributed by atoms with Crippen LogP contribution in [0.15, 0.2) is 17.0 Å². The molecule has 0 spiro atoms. The molecule has 5 heteroatoms. The molecule has 1 unspecified atom stereocenters. The quantitative estimate of drug-likeness (QED) is 0.824. The van der Waals surface area contributed by atoms with E-state index in [0.29, 0.717) is 6.54 Å². The Balaban J connectivity index is 1.87. The molecule has 2 aromatic heterocycles. The summed E-state index contributed by atoms with van der Waals surface area (Å²) in [7, 11) is 0. The molecule has 2 aromatic rings. The van der Waals surface area contributed by atoms with E-state index < -0.39 is 0 Å². The number of fused-ring (bicyclic) bond motifs is 1. The molecule has 0 radical (unpaired) electrons. The van der Waals surface area contributed by atoms with Crippen LogP contribution in [0.25, 0.3) is 0 Å². The Hall–Kier alpha value is -1.62. The van der Waals surface area contributed by atoms with Gasteiger partial charge in [-0.1, -0.05) is 16.7 Å². The van der Waals surface area contributed by atoms with Gasteiger partial charge in [0.2, 0.25) is 0 Å². The first kappa shape index (κ1) is 11.5. The van der Waals surface area contributed by atoms with E-state index >= 15 is 0 Å². The van der Waals surface area contributed by atoms with Crippen molar-refractivity contribution in [2.45, 2.75) is 45.3 Å². The zero-order chi connectivity index (χ0) is 12.5. The van der Waals surface area contributed by atoms with Gasteiger partial charge in [0.15, 0.2) is 0 Å². The van der Waals surface area contributed by atoms with Gasteiger partial charge in [-0.2, -0.15) is 0 Å². The molecule has 1 atom stereocenters. The summed E-state index contributed by atoms with van der Waals surface area (Å²) >= 11 is 0. The number of aryl methyl sites for hydroxylation is 2. The van der Waals surface area contributed by atoms with Gasteiger partial charge in [0.1, 0.15) is 11.4 Å². The van der Waals surface area contributed by atoms with Crippen molar-refractivity contribution in [2.24, 2.45) is 0 Å². The maximum atomic E-state index is 10.1. The molecule has 0 saturated heterocycles. The highest BCUT2D eigenvalue weighted by atomic mass is 16.6. The van der Waals surface area contributed by atoms with Crippen LogP contribution in [0.1, 0.15) is 47.9 Å². The lowest BCUT2D eigenvalue weighted by Crippen LogP contribution is -2.00. The minimum Gasteiger partial charge on any atom is -0.388 e. The van der Waals surface area contributed by atoms with E-state index in [1.165, 1.54) is 5.56 Å². The van der Waals surface area contributed by atoms with Crippen LogP contribution in [-0.2, 0) is 13.0 Å². The first-order valence-electron chi connectivity index (χ1n) is 6.38. The van der Waals surface area contributed by atoms with Crippen molar-refractivity contribution < 1.29 is 9.74 Å². The molecule has 0 bridgehead atoms. The summed E-state index contributed by atoms with van der Waals surface area (Å²) in [6.45, 7) is 2.53. The number of aliphatic hydroxyl groups is 1. The fraction of sp³-hybridized carbons (Fsp3) is 0.538. The Morgan fingerprint density at radius 2 is 2.28 bits per heavy atom. The van der Waals surface area contributed by atoms with Gasteiger partial charge in [-0.3, -0.25) is 0 Å². The van der Waals surface area contributed by atoms with Crippen LogP contribution in [0.5, 0.6) is 0 Å². The SMILES string of the molecule is Cc1nonc1Cn1cc2c(c1)C(O)CCCC2. The van der Waals surface area contributed by atoms with E-state index in [4.69, 9.17) is 4.63 Å². The molecular formula is C13H17N3O2. The second-order valence-electron chi connectivity index (χ2n) is 4.97. The number of hydrogen-bond donors (Lipinski definition) is 1. The van der Waals surface area contributed by atoms with Gasteiger partial charge in [-0.25, -0.2) is 4.63 Å².